The van der Waals surface area contributed by atoms with E-state index in [4.69, 9.17) is 14.9 Å². The topological polar surface area (TPSA) is 65.5 Å². The van der Waals surface area contributed by atoms with Crippen molar-refractivity contribution >= 4 is 28.3 Å². The Bertz CT molecular complexity index is 1050. The van der Waals surface area contributed by atoms with Gasteiger partial charge in [0, 0.05) is 17.3 Å². The van der Waals surface area contributed by atoms with Crippen LogP contribution in [0, 0.1) is 0 Å². The molecule has 1 aliphatic rings. The van der Waals surface area contributed by atoms with Crippen molar-refractivity contribution in [3.8, 4) is 5.75 Å². The normalized spacial score (nSPS) is 14.8. The average Bonchev–Trinajstić information content (AvgIpc) is 2.98. The smallest absolute Gasteiger partial charge is 0.196 e. The second kappa shape index (κ2) is 6.13. The third kappa shape index (κ3) is 2.80. The number of allylic oxidation sites excluding steroid dienone is 1. The van der Waals surface area contributed by atoms with Gasteiger partial charge < -0.3 is 14.9 Å². The van der Waals surface area contributed by atoms with Gasteiger partial charge >= 0.3 is 0 Å². The zero-order chi connectivity index (χ0) is 17.4. The first kappa shape index (κ1) is 15.5. The monoisotopic (exact) mass is 333 g/mol. The maximum Gasteiger partial charge on any atom is 0.196 e. The van der Waals surface area contributed by atoms with Crippen molar-refractivity contribution in [3.05, 3.63) is 69.6 Å². The second-order valence-electron chi connectivity index (χ2n) is 6.17. The molecule has 0 saturated carbocycles. The summed E-state index contributed by atoms with van der Waals surface area (Å²) < 4.78 is 11.6. The van der Waals surface area contributed by atoms with Gasteiger partial charge in [-0.1, -0.05) is 12.1 Å². The quantitative estimate of drug-likeness (QED) is 0.727. The van der Waals surface area contributed by atoms with Gasteiger partial charge in [-0.05, 0) is 61.2 Å². The molecule has 0 saturated heterocycles. The Kier molecular flexibility index (Phi) is 3.80. The van der Waals surface area contributed by atoms with Crippen LogP contribution in [0.5, 0.6) is 5.75 Å². The lowest BCUT2D eigenvalue weighted by molar-refractivity contribution is 0.340. The molecule has 1 heterocycles. The van der Waals surface area contributed by atoms with E-state index in [-0.39, 0.29) is 5.43 Å². The van der Waals surface area contributed by atoms with Gasteiger partial charge in [0.2, 0.25) is 0 Å². The number of rotatable bonds is 3. The van der Waals surface area contributed by atoms with Gasteiger partial charge in [0.05, 0.1) is 12.0 Å². The summed E-state index contributed by atoms with van der Waals surface area (Å²) in [4.78, 5) is 12.7. The summed E-state index contributed by atoms with van der Waals surface area (Å²) in [7, 11) is 0. The number of hydrogen-bond acceptors (Lipinski definition) is 4. The fraction of sp³-hybridized carbons (Fsp3) is 0.190. The van der Waals surface area contributed by atoms with Gasteiger partial charge in [-0.3, -0.25) is 4.79 Å². The van der Waals surface area contributed by atoms with E-state index in [9.17, 15) is 4.79 Å². The Morgan fingerprint density at radius 1 is 1.20 bits per heavy atom. The lowest BCUT2D eigenvalue weighted by Crippen LogP contribution is -2.08. The molecule has 3 aromatic rings. The Morgan fingerprint density at radius 3 is 2.92 bits per heavy atom. The average molecular weight is 333 g/mol. The van der Waals surface area contributed by atoms with Gasteiger partial charge in [-0.15, -0.1) is 0 Å². The number of benzene rings is 2. The van der Waals surface area contributed by atoms with Crippen LogP contribution in [-0.4, -0.2) is 6.61 Å². The number of anilines is 1. The molecule has 126 valence electrons. The summed E-state index contributed by atoms with van der Waals surface area (Å²) in [6, 6.07) is 13.1. The Labute approximate surface area is 145 Å². The molecule has 25 heavy (non-hydrogen) atoms. The lowest BCUT2D eigenvalue weighted by atomic mass is 10.1. The summed E-state index contributed by atoms with van der Waals surface area (Å²) >= 11 is 0. The Hall–Kier alpha value is -3.01. The highest BCUT2D eigenvalue weighted by atomic mass is 16.5. The van der Waals surface area contributed by atoms with Crippen molar-refractivity contribution < 1.29 is 9.15 Å². The zero-order valence-electron chi connectivity index (χ0n) is 14.0. The molecule has 2 N–H and O–H groups in total. The van der Waals surface area contributed by atoms with E-state index in [2.05, 4.69) is 6.08 Å². The molecule has 1 aromatic heterocycles. The van der Waals surface area contributed by atoms with E-state index in [1.165, 1.54) is 0 Å². The highest BCUT2D eigenvalue weighted by Crippen LogP contribution is 2.34. The molecule has 1 aliphatic carbocycles. The van der Waals surface area contributed by atoms with Crippen molar-refractivity contribution in [2.24, 2.45) is 0 Å². The number of fused-ring (bicyclic) bond motifs is 2. The fourth-order valence-electron chi connectivity index (χ4n) is 3.31. The van der Waals surface area contributed by atoms with E-state index >= 15 is 0 Å². The summed E-state index contributed by atoms with van der Waals surface area (Å²) in [5.41, 5.74) is 9.82. The first-order chi connectivity index (χ1) is 12.2. The minimum Gasteiger partial charge on any atom is -0.494 e. The van der Waals surface area contributed by atoms with Crippen LogP contribution >= 0.6 is 0 Å². The summed E-state index contributed by atoms with van der Waals surface area (Å²) in [5, 5.41) is 0.590. The molecule has 2 aromatic carbocycles. The lowest BCUT2D eigenvalue weighted by Gasteiger charge is -2.06. The van der Waals surface area contributed by atoms with Gasteiger partial charge in [0.25, 0.3) is 0 Å². The molecular weight excluding hydrogens is 314 g/mol. The number of hydrogen-bond donors (Lipinski definition) is 1. The fourth-order valence-corrected chi connectivity index (χ4v) is 3.31. The van der Waals surface area contributed by atoms with E-state index in [0.717, 1.165) is 28.9 Å². The molecule has 0 amide bonds. The minimum atomic E-state index is 0.0442. The zero-order valence-corrected chi connectivity index (χ0v) is 14.0. The predicted molar refractivity (Wildman–Crippen MR) is 101 cm³/mol. The molecular formula is C21H19NO3. The first-order valence-corrected chi connectivity index (χ1v) is 8.44. The number of ether oxygens (including phenoxy) is 1. The van der Waals surface area contributed by atoms with Crippen molar-refractivity contribution in [3.63, 3.8) is 0 Å². The van der Waals surface area contributed by atoms with Crippen LogP contribution in [0.3, 0.4) is 0 Å². The van der Waals surface area contributed by atoms with Gasteiger partial charge in [0.15, 0.2) is 5.43 Å². The maximum atomic E-state index is 12.7. The maximum absolute atomic E-state index is 12.7. The van der Waals surface area contributed by atoms with Gasteiger partial charge in [0.1, 0.15) is 17.1 Å². The summed E-state index contributed by atoms with van der Waals surface area (Å²) in [6.07, 6.45) is 3.56. The molecule has 4 nitrogen and oxygen atoms in total. The first-order valence-electron chi connectivity index (χ1n) is 8.44. The van der Waals surface area contributed by atoms with Crippen LogP contribution in [-0.2, 0) is 6.42 Å². The molecule has 0 spiro atoms. The highest BCUT2D eigenvalue weighted by molar-refractivity contribution is 5.88. The standard InChI is InChI=1S/C21H19NO3/c1-2-24-16-5-3-4-13(11-16)10-14-6-8-18-20(23)17-9-7-15(22)12-19(17)25-21(14)18/h3-5,7,9-12H,2,6,8,22H2,1H3/b14-10-. The predicted octanol–water partition coefficient (Wildman–Crippen LogP) is 4.26. The molecule has 4 heteroatoms. The summed E-state index contributed by atoms with van der Waals surface area (Å²) in [5.74, 6) is 1.52. The molecule has 0 radical (unpaired) electrons. The number of nitrogen functional groups attached to an aromatic ring is 1. The second-order valence-corrected chi connectivity index (χ2v) is 6.17. The van der Waals surface area contributed by atoms with Crippen molar-refractivity contribution in [2.75, 3.05) is 12.3 Å². The third-order valence-electron chi connectivity index (χ3n) is 4.46. The van der Waals surface area contributed by atoms with Crippen molar-refractivity contribution in [2.45, 2.75) is 19.8 Å². The van der Waals surface area contributed by atoms with Crippen LogP contribution in [0.1, 0.15) is 30.2 Å². The molecule has 0 unspecified atom stereocenters. The molecule has 0 fully saturated rings. The highest BCUT2D eigenvalue weighted by Gasteiger charge is 2.23. The molecule has 0 atom stereocenters. The Balaban J connectivity index is 1.82. The number of nitrogens with two attached hydrogens (primary N) is 1. The minimum absolute atomic E-state index is 0.0442. The molecule has 4 rings (SSSR count). The Morgan fingerprint density at radius 2 is 2.08 bits per heavy atom. The SMILES string of the molecule is CCOc1cccc(/C=C2/CCc3c2oc2cc(N)ccc2c3=O)c1. The molecule has 0 aliphatic heterocycles. The van der Waals surface area contributed by atoms with E-state index in [0.29, 0.717) is 35.4 Å². The largest absolute Gasteiger partial charge is 0.494 e. The van der Waals surface area contributed by atoms with E-state index < -0.39 is 0 Å². The summed E-state index contributed by atoms with van der Waals surface area (Å²) in [6.45, 7) is 2.59. The van der Waals surface area contributed by atoms with Gasteiger partial charge in [-0.25, -0.2) is 0 Å². The van der Waals surface area contributed by atoms with E-state index in [1.54, 1.807) is 18.2 Å². The third-order valence-corrected chi connectivity index (χ3v) is 4.46. The van der Waals surface area contributed by atoms with Gasteiger partial charge in [-0.2, -0.15) is 0 Å². The van der Waals surface area contributed by atoms with Crippen molar-refractivity contribution in [1.82, 2.24) is 0 Å². The van der Waals surface area contributed by atoms with Crippen LogP contribution in [0.25, 0.3) is 22.6 Å². The van der Waals surface area contributed by atoms with Crippen LogP contribution < -0.4 is 15.9 Å². The van der Waals surface area contributed by atoms with E-state index in [1.807, 2.05) is 31.2 Å². The van der Waals surface area contributed by atoms with Crippen LogP contribution in [0.2, 0.25) is 0 Å². The molecule has 0 bridgehead atoms. The van der Waals surface area contributed by atoms with Crippen LogP contribution in [0.15, 0.2) is 51.7 Å². The van der Waals surface area contributed by atoms with Crippen molar-refractivity contribution in [1.29, 1.82) is 0 Å². The van der Waals surface area contributed by atoms with Crippen LogP contribution in [0.4, 0.5) is 5.69 Å².